The molecule has 1 amide bonds. The molecular weight excluding hydrogens is 404 g/mol. The predicted octanol–water partition coefficient (Wildman–Crippen LogP) is 5.45. The highest BCUT2D eigenvalue weighted by Gasteiger charge is 2.31. The third kappa shape index (κ3) is 5.60. The summed E-state index contributed by atoms with van der Waals surface area (Å²) in [6.07, 6.45) is 3.73. The molecule has 1 unspecified atom stereocenters. The van der Waals surface area contributed by atoms with Gasteiger partial charge < -0.3 is 19.7 Å². The number of amides is 1. The molecule has 0 radical (unpaired) electrons. The maximum absolute atomic E-state index is 12.3. The predicted molar refractivity (Wildman–Crippen MR) is 118 cm³/mol. The number of piperidine rings is 1. The number of rotatable bonds is 5. The second-order valence-corrected chi connectivity index (χ2v) is 9.81. The van der Waals surface area contributed by atoms with Gasteiger partial charge in [0.15, 0.2) is 0 Å². The third-order valence-electron chi connectivity index (χ3n) is 5.82. The summed E-state index contributed by atoms with van der Waals surface area (Å²) in [6, 6.07) is 3.80. The van der Waals surface area contributed by atoms with Crippen molar-refractivity contribution < 1.29 is 19.1 Å². The number of carbonyl (C=O) groups excluding carboxylic acids is 2. The van der Waals surface area contributed by atoms with Crippen LogP contribution in [0.4, 0.5) is 10.5 Å². The van der Waals surface area contributed by atoms with Crippen molar-refractivity contribution in [2.75, 3.05) is 25.5 Å². The van der Waals surface area contributed by atoms with E-state index in [0.29, 0.717) is 35.5 Å². The Labute approximate surface area is 184 Å². The largest absolute Gasteiger partial charge is 0.465 e. The molecule has 1 aliphatic heterocycles. The quantitative estimate of drug-likeness (QED) is 0.621. The molecule has 1 saturated heterocycles. The molecule has 1 N–H and O–H groups in total. The van der Waals surface area contributed by atoms with Crippen LogP contribution in [0.2, 0.25) is 5.02 Å². The molecule has 1 aromatic rings. The molecule has 30 heavy (non-hydrogen) atoms. The summed E-state index contributed by atoms with van der Waals surface area (Å²) in [5.74, 6) is 0.468. The number of hydrogen-bond donors (Lipinski definition) is 1. The zero-order valence-corrected chi connectivity index (χ0v) is 19.3. The van der Waals surface area contributed by atoms with E-state index in [-0.39, 0.29) is 18.1 Å². The van der Waals surface area contributed by atoms with Crippen molar-refractivity contribution in [1.29, 1.82) is 0 Å². The normalized spacial score (nSPS) is 18.7. The first-order chi connectivity index (χ1) is 14.1. The fraction of sp³-hybridized carbons (Fsp3) is 0.652. The van der Waals surface area contributed by atoms with Crippen molar-refractivity contribution in [3.8, 4) is 0 Å². The van der Waals surface area contributed by atoms with Gasteiger partial charge in [0.2, 0.25) is 0 Å². The first kappa shape index (κ1) is 22.7. The number of esters is 1. The van der Waals surface area contributed by atoms with Crippen LogP contribution in [0.15, 0.2) is 12.1 Å². The number of nitrogens with zero attached hydrogens (tertiary/aromatic N) is 1. The monoisotopic (exact) mass is 436 g/mol. The maximum atomic E-state index is 12.3. The molecule has 1 atom stereocenters. The molecular formula is C23H33ClN2O4. The van der Waals surface area contributed by atoms with Gasteiger partial charge in [0.1, 0.15) is 5.60 Å². The Morgan fingerprint density at radius 1 is 1.17 bits per heavy atom. The van der Waals surface area contributed by atoms with Crippen LogP contribution in [0.25, 0.3) is 0 Å². The zero-order chi connectivity index (χ0) is 22.1. The number of nitrogens with one attached hydrogen (secondary N) is 1. The lowest BCUT2D eigenvalue weighted by molar-refractivity contribution is 0.0179. The Bertz CT molecular complexity index is 793. The molecule has 0 aromatic heterocycles. The van der Waals surface area contributed by atoms with Crippen LogP contribution < -0.4 is 5.32 Å². The van der Waals surface area contributed by atoms with Crippen LogP contribution in [0.3, 0.4) is 0 Å². The van der Waals surface area contributed by atoms with Crippen molar-refractivity contribution in [3.63, 3.8) is 0 Å². The van der Waals surface area contributed by atoms with Crippen LogP contribution in [-0.4, -0.2) is 48.8 Å². The van der Waals surface area contributed by atoms with Crippen molar-refractivity contribution in [2.45, 2.75) is 70.9 Å². The molecule has 6 nitrogen and oxygen atoms in total. The van der Waals surface area contributed by atoms with Gasteiger partial charge in [-0.25, -0.2) is 9.59 Å². The smallest absolute Gasteiger partial charge is 0.410 e. The molecule has 0 bridgehead atoms. The minimum atomic E-state index is -0.483. The number of halogens is 1. The number of ether oxygens (including phenoxy) is 2. The van der Waals surface area contributed by atoms with E-state index in [1.165, 1.54) is 7.11 Å². The molecule has 3 rings (SSSR count). The molecule has 1 aliphatic carbocycles. The van der Waals surface area contributed by atoms with E-state index in [1.807, 2.05) is 26.8 Å². The Balaban J connectivity index is 1.65. The fourth-order valence-corrected chi connectivity index (χ4v) is 4.27. The standard InChI is InChI=1S/C23H33ClN2O4/c1-14(15-8-10-26(11-9-15)22(28)30-23(2,3)4)25-19-13-17(21(27)29-5)12-18(20(19)24)16-6-7-16/h12-16,25H,6-11H2,1-5H3. The summed E-state index contributed by atoms with van der Waals surface area (Å²) < 4.78 is 10.4. The van der Waals surface area contributed by atoms with Crippen molar-refractivity contribution >= 4 is 29.4 Å². The Kier molecular flexibility index (Phi) is 6.85. The van der Waals surface area contributed by atoms with Crippen LogP contribution >= 0.6 is 11.6 Å². The van der Waals surface area contributed by atoms with Crippen LogP contribution in [-0.2, 0) is 9.47 Å². The Morgan fingerprint density at radius 2 is 1.80 bits per heavy atom. The van der Waals surface area contributed by atoms with Gasteiger partial charge in [-0.3, -0.25) is 0 Å². The van der Waals surface area contributed by atoms with Crippen LogP contribution in [0.5, 0.6) is 0 Å². The van der Waals surface area contributed by atoms with Crippen LogP contribution in [0.1, 0.15) is 75.2 Å². The van der Waals surface area contributed by atoms with Gasteiger partial charge in [0.25, 0.3) is 0 Å². The minimum Gasteiger partial charge on any atom is -0.465 e. The first-order valence-corrected chi connectivity index (χ1v) is 11.1. The molecule has 7 heteroatoms. The number of hydrogen-bond acceptors (Lipinski definition) is 5. The summed E-state index contributed by atoms with van der Waals surface area (Å²) >= 11 is 6.69. The van der Waals surface area contributed by atoms with E-state index in [4.69, 9.17) is 21.1 Å². The lowest BCUT2D eigenvalue weighted by atomic mass is 9.90. The SMILES string of the molecule is COC(=O)c1cc(NC(C)C2CCN(C(=O)OC(C)(C)C)CC2)c(Cl)c(C2CC2)c1. The fourth-order valence-electron chi connectivity index (χ4n) is 3.95. The molecule has 166 valence electrons. The van der Waals surface area contributed by atoms with E-state index in [9.17, 15) is 9.59 Å². The number of benzene rings is 1. The van der Waals surface area contributed by atoms with E-state index in [0.717, 1.165) is 36.9 Å². The third-order valence-corrected chi connectivity index (χ3v) is 6.24. The summed E-state index contributed by atoms with van der Waals surface area (Å²) in [5, 5.41) is 4.23. The van der Waals surface area contributed by atoms with E-state index in [2.05, 4.69) is 12.2 Å². The summed E-state index contributed by atoms with van der Waals surface area (Å²) in [4.78, 5) is 26.2. The summed E-state index contributed by atoms with van der Waals surface area (Å²) in [5.41, 5.74) is 1.85. The van der Waals surface area contributed by atoms with E-state index in [1.54, 1.807) is 11.0 Å². The Morgan fingerprint density at radius 3 is 2.33 bits per heavy atom. The summed E-state index contributed by atoms with van der Waals surface area (Å²) in [6.45, 7) is 9.12. The Hall–Kier alpha value is -1.95. The molecule has 1 saturated carbocycles. The number of carbonyl (C=O) groups is 2. The van der Waals surface area contributed by atoms with Gasteiger partial charge in [-0.1, -0.05) is 11.6 Å². The van der Waals surface area contributed by atoms with Crippen molar-refractivity contribution in [1.82, 2.24) is 4.90 Å². The van der Waals surface area contributed by atoms with Gasteiger partial charge in [-0.05, 0) is 82.9 Å². The number of likely N-dealkylation sites (tertiary alicyclic amines) is 1. The summed E-state index contributed by atoms with van der Waals surface area (Å²) in [7, 11) is 1.39. The second kappa shape index (κ2) is 9.04. The van der Waals surface area contributed by atoms with Gasteiger partial charge >= 0.3 is 12.1 Å². The van der Waals surface area contributed by atoms with Crippen LogP contribution in [0, 0.1) is 5.92 Å². The van der Waals surface area contributed by atoms with E-state index >= 15 is 0 Å². The maximum Gasteiger partial charge on any atom is 0.410 e. The lowest BCUT2D eigenvalue weighted by Gasteiger charge is -2.36. The molecule has 2 fully saturated rings. The van der Waals surface area contributed by atoms with E-state index < -0.39 is 5.60 Å². The molecule has 1 aromatic carbocycles. The van der Waals surface area contributed by atoms with Gasteiger partial charge in [0.05, 0.1) is 23.4 Å². The average Bonchev–Trinajstić information content (AvgIpc) is 3.52. The first-order valence-electron chi connectivity index (χ1n) is 10.7. The van der Waals surface area contributed by atoms with Crippen molar-refractivity contribution in [2.24, 2.45) is 5.92 Å². The number of anilines is 1. The minimum absolute atomic E-state index is 0.156. The molecule has 1 heterocycles. The van der Waals surface area contributed by atoms with Gasteiger partial charge in [0, 0.05) is 19.1 Å². The highest BCUT2D eigenvalue weighted by Crippen LogP contribution is 2.46. The zero-order valence-electron chi connectivity index (χ0n) is 18.6. The van der Waals surface area contributed by atoms with Crippen molar-refractivity contribution in [3.05, 3.63) is 28.3 Å². The highest BCUT2D eigenvalue weighted by molar-refractivity contribution is 6.34. The molecule has 2 aliphatic rings. The topological polar surface area (TPSA) is 67.9 Å². The van der Waals surface area contributed by atoms with Gasteiger partial charge in [-0.15, -0.1) is 0 Å². The average molecular weight is 437 g/mol. The second-order valence-electron chi connectivity index (χ2n) is 9.43. The highest BCUT2D eigenvalue weighted by atomic mass is 35.5. The number of methoxy groups -OCH3 is 1. The molecule has 0 spiro atoms. The lowest BCUT2D eigenvalue weighted by Crippen LogP contribution is -2.44. The van der Waals surface area contributed by atoms with Gasteiger partial charge in [-0.2, -0.15) is 0 Å².